The molecule has 5 rings (SSSR count). The van der Waals surface area contributed by atoms with Crippen LogP contribution in [0.2, 0.25) is 5.02 Å². The lowest BCUT2D eigenvalue weighted by atomic mass is 10.0. The third kappa shape index (κ3) is 4.45. The number of carbonyl (C=O) groups excluding carboxylic acids is 2. The Bertz CT molecular complexity index is 1280. The first-order valence-corrected chi connectivity index (χ1v) is 12.2. The maximum Gasteiger partial charge on any atom is 0.359 e. The van der Waals surface area contributed by atoms with Crippen LogP contribution < -0.4 is 0 Å². The number of hydrogen-bond donors (Lipinski definition) is 1. The van der Waals surface area contributed by atoms with Crippen molar-refractivity contribution in [2.24, 2.45) is 4.99 Å². The van der Waals surface area contributed by atoms with E-state index in [4.69, 9.17) is 16.3 Å². The fraction of sp³-hybridized carbons (Fsp3) is 0.148. The summed E-state index contributed by atoms with van der Waals surface area (Å²) in [5, 5.41) is 11.3. The number of aliphatic imine (C=N–C) groups is 1. The van der Waals surface area contributed by atoms with E-state index < -0.39 is 23.5 Å². The molecule has 2 aliphatic rings. The van der Waals surface area contributed by atoms with Gasteiger partial charge in [0.05, 0.1) is 0 Å². The first-order chi connectivity index (χ1) is 16.9. The highest BCUT2D eigenvalue weighted by molar-refractivity contribution is 8.15. The Labute approximate surface area is 211 Å². The summed E-state index contributed by atoms with van der Waals surface area (Å²) in [6, 6.07) is 25.2. The first kappa shape index (κ1) is 23.2. The van der Waals surface area contributed by atoms with Gasteiger partial charge >= 0.3 is 5.97 Å². The smallest absolute Gasteiger partial charge is 0.359 e. The Morgan fingerprint density at radius 1 is 1.00 bits per heavy atom. The van der Waals surface area contributed by atoms with E-state index in [-0.39, 0.29) is 17.4 Å². The molecule has 1 fully saturated rings. The number of thioether (sulfide) groups is 1. The third-order valence-electron chi connectivity index (χ3n) is 5.80. The zero-order valence-corrected chi connectivity index (χ0v) is 20.2. The average Bonchev–Trinajstić information content (AvgIpc) is 3.27. The van der Waals surface area contributed by atoms with Gasteiger partial charge in [-0.25, -0.2) is 4.79 Å². The van der Waals surface area contributed by atoms with E-state index in [9.17, 15) is 14.7 Å². The van der Waals surface area contributed by atoms with Crippen LogP contribution in [0, 0.1) is 0 Å². The van der Waals surface area contributed by atoms with E-state index in [2.05, 4.69) is 4.99 Å². The molecule has 0 saturated carbocycles. The van der Waals surface area contributed by atoms with Gasteiger partial charge in [-0.05, 0) is 30.2 Å². The van der Waals surface area contributed by atoms with E-state index in [1.165, 1.54) is 23.6 Å². The van der Waals surface area contributed by atoms with Gasteiger partial charge in [0, 0.05) is 10.6 Å². The number of likely N-dealkylation sites (tertiary alicyclic amines) is 1. The number of aliphatic hydroxyl groups excluding tert-OH is 1. The van der Waals surface area contributed by atoms with Crippen LogP contribution in [0.5, 0.6) is 0 Å². The number of benzene rings is 3. The second-order valence-corrected chi connectivity index (χ2v) is 9.69. The maximum atomic E-state index is 13.4. The Morgan fingerprint density at radius 2 is 1.57 bits per heavy atom. The molecule has 8 heteroatoms. The molecule has 1 saturated heterocycles. The van der Waals surface area contributed by atoms with Crippen molar-refractivity contribution in [3.05, 3.63) is 118 Å². The Balaban J connectivity index is 1.39. The number of esters is 1. The van der Waals surface area contributed by atoms with Crippen molar-refractivity contribution in [3.63, 3.8) is 0 Å². The van der Waals surface area contributed by atoms with Crippen LogP contribution in [0.4, 0.5) is 0 Å². The van der Waals surface area contributed by atoms with Crippen LogP contribution >= 0.6 is 23.4 Å². The SMILES string of the molecule is C/C(O)=C(\C(=O)OC(c1ccccc1)c1ccccc1)N1C(=O)C2N=C(c3ccc(Cl)cc3)SC21. The van der Waals surface area contributed by atoms with Crippen molar-refractivity contribution in [3.8, 4) is 0 Å². The lowest BCUT2D eigenvalue weighted by Crippen LogP contribution is -2.61. The second-order valence-electron chi connectivity index (χ2n) is 8.14. The van der Waals surface area contributed by atoms with E-state index in [0.717, 1.165) is 16.7 Å². The molecule has 0 radical (unpaired) electrons. The number of β-lactam (4-membered cyclic amide) rings is 1. The van der Waals surface area contributed by atoms with E-state index >= 15 is 0 Å². The maximum absolute atomic E-state index is 13.4. The zero-order valence-electron chi connectivity index (χ0n) is 18.7. The molecule has 0 aliphatic carbocycles. The number of amides is 1. The van der Waals surface area contributed by atoms with Crippen LogP contribution in [0.3, 0.4) is 0 Å². The average molecular weight is 505 g/mol. The second kappa shape index (κ2) is 9.60. The van der Waals surface area contributed by atoms with Crippen molar-refractivity contribution in [2.45, 2.75) is 24.4 Å². The Kier molecular flexibility index (Phi) is 6.36. The zero-order chi connectivity index (χ0) is 24.5. The molecule has 1 N–H and O–H groups in total. The van der Waals surface area contributed by atoms with Crippen molar-refractivity contribution in [1.82, 2.24) is 4.90 Å². The standard InChI is InChI=1S/C27H21ClN2O4S/c1-16(31)22(27(33)34-23(17-8-4-2-5-9-17)18-10-6-3-7-11-18)30-25(32)21-26(30)35-24(29-21)19-12-14-20(28)15-13-19/h2-15,21,23,26,31H,1H3/b22-16-. The van der Waals surface area contributed by atoms with Gasteiger partial charge in [0.25, 0.3) is 5.91 Å². The van der Waals surface area contributed by atoms with E-state index in [1.807, 2.05) is 72.8 Å². The fourth-order valence-corrected chi connectivity index (χ4v) is 5.52. The monoisotopic (exact) mass is 504 g/mol. The highest BCUT2D eigenvalue weighted by atomic mass is 35.5. The Hall–Kier alpha value is -3.55. The number of rotatable bonds is 6. The van der Waals surface area contributed by atoms with Crippen LogP contribution in [0.25, 0.3) is 0 Å². The predicted octanol–water partition coefficient (Wildman–Crippen LogP) is 5.49. The summed E-state index contributed by atoms with van der Waals surface area (Å²) in [7, 11) is 0. The van der Waals surface area contributed by atoms with E-state index in [1.54, 1.807) is 12.1 Å². The minimum absolute atomic E-state index is 0.173. The van der Waals surface area contributed by atoms with Gasteiger partial charge in [0.15, 0.2) is 17.8 Å². The number of fused-ring (bicyclic) bond motifs is 1. The fourth-order valence-electron chi connectivity index (χ4n) is 4.10. The molecule has 1 amide bonds. The van der Waals surface area contributed by atoms with Crippen LogP contribution in [0.1, 0.15) is 29.7 Å². The molecular weight excluding hydrogens is 484 g/mol. The summed E-state index contributed by atoms with van der Waals surface area (Å²) >= 11 is 7.35. The normalized spacial score (nSPS) is 19.6. The van der Waals surface area contributed by atoms with Crippen LogP contribution in [-0.4, -0.2) is 38.3 Å². The van der Waals surface area contributed by atoms with Crippen LogP contribution in [-0.2, 0) is 14.3 Å². The highest BCUT2D eigenvalue weighted by Crippen LogP contribution is 2.44. The lowest BCUT2D eigenvalue weighted by molar-refractivity contribution is -0.153. The number of aliphatic hydroxyl groups is 1. The number of allylic oxidation sites excluding steroid dienone is 1. The van der Waals surface area contributed by atoms with Gasteiger partial charge < -0.3 is 9.84 Å². The molecule has 3 aromatic carbocycles. The topological polar surface area (TPSA) is 79.2 Å². The van der Waals surface area contributed by atoms with Crippen LogP contribution in [0.15, 0.2) is 101 Å². The van der Waals surface area contributed by atoms with Gasteiger partial charge in [0.2, 0.25) is 0 Å². The molecule has 0 spiro atoms. The van der Waals surface area contributed by atoms with Gasteiger partial charge in [-0.15, -0.1) is 0 Å². The number of nitrogens with zero attached hydrogens (tertiary/aromatic N) is 2. The highest BCUT2D eigenvalue weighted by Gasteiger charge is 2.55. The van der Waals surface area contributed by atoms with E-state index in [0.29, 0.717) is 10.1 Å². The molecule has 2 unspecified atom stereocenters. The first-order valence-electron chi connectivity index (χ1n) is 11.0. The molecule has 0 bridgehead atoms. The molecule has 2 atom stereocenters. The number of carbonyl (C=O) groups is 2. The minimum Gasteiger partial charge on any atom is -0.510 e. The molecule has 6 nitrogen and oxygen atoms in total. The summed E-state index contributed by atoms with van der Waals surface area (Å²) in [5.41, 5.74) is 2.22. The molecule has 3 aromatic rings. The predicted molar refractivity (Wildman–Crippen MR) is 136 cm³/mol. The number of hydrogen-bond acceptors (Lipinski definition) is 6. The van der Waals surface area contributed by atoms with Gasteiger partial charge in [-0.2, -0.15) is 0 Å². The lowest BCUT2D eigenvalue weighted by Gasteiger charge is -2.41. The molecular formula is C27H21ClN2O4S. The van der Waals surface area contributed by atoms with Crippen molar-refractivity contribution in [2.75, 3.05) is 0 Å². The van der Waals surface area contributed by atoms with Gasteiger partial charge in [-0.1, -0.05) is 96.2 Å². The van der Waals surface area contributed by atoms with Crippen molar-refractivity contribution < 1.29 is 19.4 Å². The molecule has 35 heavy (non-hydrogen) atoms. The number of ether oxygens (including phenoxy) is 1. The molecule has 2 aliphatic heterocycles. The van der Waals surface area contributed by atoms with Crippen molar-refractivity contribution in [1.29, 1.82) is 0 Å². The minimum atomic E-state index is -0.782. The molecule has 176 valence electrons. The summed E-state index contributed by atoms with van der Waals surface area (Å²) in [6.45, 7) is 1.37. The largest absolute Gasteiger partial charge is 0.510 e. The quantitative estimate of drug-likeness (QED) is 0.208. The van der Waals surface area contributed by atoms with Gasteiger partial charge in [0.1, 0.15) is 16.2 Å². The Morgan fingerprint density at radius 3 is 2.11 bits per heavy atom. The van der Waals surface area contributed by atoms with Crippen molar-refractivity contribution >= 4 is 40.3 Å². The molecule has 2 heterocycles. The summed E-state index contributed by atoms with van der Waals surface area (Å²) < 4.78 is 5.91. The summed E-state index contributed by atoms with van der Waals surface area (Å²) in [4.78, 5) is 32.2. The third-order valence-corrected chi connectivity index (χ3v) is 7.33. The number of halogens is 1. The summed E-state index contributed by atoms with van der Waals surface area (Å²) in [6.07, 6.45) is -0.705. The summed E-state index contributed by atoms with van der Waals surface area (Å²) in [5.74, 6) is -1.43. The molecule has 0 aromatic heterocycles. The van der Waals surface area contributed by atoms with Gasteiger partial charge in [-0.3, -0.25) is 14.7 Å².